The second kappa shape index (κ2) is 7.14. The van der Waals surface area contributed by atoms with Crippen molar-refractivity contribution < 1.29 is 26.4 Å². The molecule has 2 aromatic rings. The Morgan fingerprint density at radius 2 is 1.88 bits per heavy atom. The second-order valence-corrected chi connectivity index (χ2v) is 8.36. The maximum atomic E-state index is 13.1. The van der Waals surface area contributed by atoms with Gasteiger partial charge in [-0.15, -0.1) is 11.3 Å². The van der Waals surface area contributed by atoms with Crippen molar-refractivity contribution in [2.24, 2.45) is 0 Å². The summed E-state index contributed by atoms with van der Waals surface area (Å²) in [5.41, 5.74) is -0.411. The summed E-state index contributed by atoms with van der Waals surface area (Å²) in [7, 11) is -2.43. The monoisotopic (exact) mass is 392 g/mol. The van der Waals surface area contributed by atoms with Crippen LogP contribution in [-0.2, 0) is 22.7 Å². The third kappa shape index (κ3) is 4.59. The van der Waals surface area contributed by atoms with Gasteiger partial charge in [0, 0.05) is 6.54 Å². The first-order valence-electron chi connectivity index (χ1n) is 7.03. The summed E-state index contributed by atoms with van der Waals surface area (Å²) >= 11 is 0.735. The predicted molar refractivity (Wildman–Crippen MR) is 87.9 cm³/mol. The fourth-order valence-corrected chi connectivity index (χ4v) is 4.12. The van der Waals surface area contributed by atoms with Crippen LogP contribution in [0.3, 0.4) is 0 Å². The topological polar surface area (TPSA) is 75.3 Å². The number of sulfonamides is 1. The van der Waals surface area contributed by atoms with Gasteiger partial charge in [0.1, 0.15) is 4.21 Å². The number of thiophene rings is 1. The third-order valence-corrected chi connectivity index (χ3v) is 6.34. The lowest BCUT2D eigenvalue weighted by atomic mass is 10.0. The van der Waals surface area contributed by atoms with E-state index in [0.717, 1.165) is 17.4 Å². The van der Waals surface area contributed by atoms with Gasteiger partial charge in [-0.2, -0.15) is 13.2 Å². The van der Waals surface area contributed by atoms with Gasteiger partial charge in [-0.25, -0.2) is 13.1 Å². The maximum absolute atomic E-state index is 13.1. The number of carbonyl (C=O) groups excluding carboxylic acids is 1. The number of hydrogen-bond donors (Lipinski definition) is 2. The summed E-state index contributed by atoms with van der Waals surface area (Å²) in [5, 5.41) is 2.39. The van der Waals surface area contributed by atoms with E-state index in [1.807, 2.05) is 0 Å². The molecule has 0 radical (unpaired) electrons. The molecule has 0 atom stereocenters. The van der Waals surface area contributed by atoms with E-state index < -0.39 is 27.7 Å². The summed E-state index contributed by atoms with van der Waals surface area (Å²) in [6.07, 6.45) is -4.52. The Bertz CT molecular complexity index is 890. The highest BCUT2D eigenvalue weighted by Crippen LogP contribution is 2.32. The Morgan fingerprint density at radius 1 is 1.20 bits per heavy atom. The molecule has 2 N–H and O–H groups in total. The van der Waals surface area contributed by atoms with E-state index in [1.165, 1.54) is 31.3 Å². The lowest BCUT2D eigenvalue weighted by Crippen LogP contribution is -2.24. The minimum absolute atomic E-state index is 0.0496. The zero-order chi connectivity index (χ0) is 18.8. The standard InChI is InChI=1S/C15H15F3N2O3S2/c1-9-3-4-10(11(7-9)15(16,17)18)8-20-14(21)12-5-6-13(24-12)25(22,23)19-2/h3-7,19H,8H2,1-2H3,(H,20,21). The Balaban J connectivity index is 2.16. The molecule has 0 aliphatic rings. The normalized spacial score (nSPS) is 12.2. The van der Waals surface area contributed by atoms with Crippen LogP contribution < -0.4 is 10.0 Å². The van der Waals surface area contributed by atoms with Crippen LogP contribution in [0, 0.1) is 6.92 Å². The first-order valence-corrected chi connectivity index (χ1v) is 9.33. The highest BCUT2D eigenvalue weighted by molar-refractivity contribution is 7.91. The molecule has 0 aliphatic carbocycles. The van der Waals surface area contributed by atoms with E-state index in [-0.39, 0.29) is 21.2 Å². The van der Waals surface area contributed by atoms with Crippen molar-refractivity contribution in [3.05, 3.63) is 51.9 Å². The average Bonchev–Trinajstić information content (AvgIpc) is 3.03. The van der Waals surface area contributed by atoms with E-state index in [1.54, 1.807) is 6.92 Å². The number of amides is 1. The third-order valence-electron chi connectivity index (χ3n) is 3.35. The molecule has 0 saturated carbocycles. The average molecular weight is 392 g/mol. The number of benzene rings is 1. The van der Waals surface area contributed by atoms with E-state index >= 15 is 0 Å². The van der Waals surface area contributed by atoms with Gasteiger partial charge < -0.3 is 5.32 Å². The summed E-state index contributed by atoms with van der Waals surface area (Å²) < 4.78 is 64.6. The van der Waals surface area contributed by atoms with Crippen LogP contribution in [0.25, 0.3) is 0 Å². The number of halogens is 3. The van der Waals surface area contributed by atoms with Crippen LogP contribution in [0.5, 0.6) is 0 Å². The Labute approximate surface area is 146 Å². The van der Waals surface area contributed by atoms with Gasteiger partial charge in [-0.1, -0.05) is 17.7 Å². The molecular formula is C15H15F3N2O3S2. The fourth-order valence-electron chi connectivity index (χ4n) is 2.06. The van der Waals surface area contributed by atoms with E-state index in [0.29, 0.717) is 5.56 Å². The molecule has 0 aliphatic heterocycles. The summed E-state index contributed by atoms with van der Waals surface area (Å²) in [4.78, 5) is 12.2. The van der Waals surface area contributed by atoms with Gasteiger partial charge in [0.05, 0.1) is 10.4 Å². The molecule has 25 heavy (non-hydrogen) atoms. The van der Waals surface area contributed by atoms with Crippen LogP contribution in [0.1, 0.15) is 26.4 Å². The quantitative estimate of drug-likeness (QED) is 0.822. The zero-order valence-corrected chi connectivity index (χ0v) is 14.9. The van der Waals surface area contributed by atoms with Crippen molar-refractivity contribution in [3.63, 3.8) is 0 Å². The van der Waals surface area contributed by atoms with E-state index in [4.69, 9.17) is 0 Å². The fraction of sp³-hybridized carbons (Fsp3) is 0.267. The van der Waals surface area contributed by atoms with Crippen molar-refractivity contribution >= 4 is 27.3 Å². The van der Waals surface area contributed by atoms with Crippen molar-refractivity contribution in [3.8, 4) is 0 Å². The van der Waals surface area contributed by atoms with E-state index in [9.17, 15) is 26.4 Å². The number of hydrogen-bond acceptors (Lipinski definition) is 4. The molecule has 1 amide bonds. The minimum atomic E-state index is -4.52. The van der Waals surface area contributed by atoms with Gasteiger partial charge in [-0.3, -0.25) is 4.79 Å². The lowest BCUT2D eigenvalue weighted by molar-refractivity contribution is -0.138. The predicted octanol–water partition coefficient (Wildman–Crippen LogP) is 2.91. The van der Waals surface area contributed by atoms with Gasteiger partial charge in [0.2, 0.25) is 10.0 Å². The smallest absolute Gasteiger partial charge is 0.347 e. The Kier molecular flexibility index (Phi) is 5.55. The summed E-state index contributed by atoms with van der Waals surface area (Å²) in [6.45, 7) is 1.23. The number of alkyl halides is 3. The first-order chi connectivity index (χ1) is 11.5. The van der Waals surface area contributed by atoms with Crippen molar-refractivity contribution in [2.45, 2.75) is 23.9 Å². The van der Waals surface area contributed by atoms with Gasteiger partial charge >= 0.3 is 6.18 Å². The molecule has 10 heteroatoms. The Morgan fingerprint density at radius 3 is 2.48 bits per heavy atom. The van der Waals surface area contributed by atoms with Crippen molar-refractivity contribution in [1.82, 2.24) is 10.0 Å². The van der Waals surface area contributed by atoms with Crippen LogP contribution in [-0.4, -0.2) is 21.4 Å². The number of aryl methyl sites for hydroxylation is 1. The number of carbonyl (C=O) groups is 1. The second-order valence-electron chi connectivity index (χ2n) is 5.17. The molecule has 0 spiro atoms. The zero-order valence-electron chi connectivity index (χ0n) is 13.3. The highest BCUT2D eigenvalue weighted by atomic mass is 32.2. The van der Waals surface area contributed by atoms with Crippen LogP contribution in [0.2, 0.25) is 0 Å². The van der Waals surface area contributed by atoms with Gasteiger partial charge in [-0.05, 0) is 37.7 Å². The largest absolute Gasteiger partial charge is 0.416 e. The SMILES string of the molecule is CNS(=O)(=O)c1ccc(C(=O)NCc2ccc(C)cc2C(F)(F)F)s1. The molecule has 1 heterocycles. The molecule has 1 aromatic heterocycles. The highest BCUT2D eigenvalue weighted by Gasteiger charge is 2.33. The maximum Gasteiger partial charge on any atom is 0.416 e. The van der Waals surface area contributed by atoms with Crippen molar-refractivity contribution in [2.75, 3.05) is 7.05 Å². The van der Waals surface area contributed by atoms with Gasteiger partial charge in [0.15, 0.2) is 0 Å². The molecule has 0 fully saturated rings. The molecule has 1 aromatic carbocycles. The molecule has 0 saturated heterocycles. The molecule has 136 valence electrons. The number of nitrogens with one attached hydrogen (secondary N) is 2. The van der Waals surface area contributed by atoms with Crippen LogP contribution in [0.4, 0.5) is 13.2 Å². The molecule has 5 nitrogen and oxygen atoms in total. The summed E-state index contributed by atoms with van der Waals surface area (Å²) in [5.74, 6) is -0.642. The summed E-state index contributed by atoms with van der Waals surface area (Å²) in [6, 6.07) is 6.43. The number of rotatable bonds is 5. The van der Waals surface area contributed by atoms with Crippen LogP contribution >= 0.6 is 11.3 Å². The minimum Gasteiger partial charge on any atom is -0.347 e. The molecular weight excluding hydrogens is 377 g/mol. The lowest BCUT2D eigenvalue weighted by Gasteiger charge is -2.14. The van der Waals surface area contributed by atoms with Crippen LogP contribution in [0.15, 0.2) is 34.5 Å². The molecule has 0 unspecified atom stereocenters. The first kappa shape index (κ1) is 19.4. The molecule has 0 bridgehead atoms. The van der Waals surface area contributed by atoms with Gasteiger partial charge in [0.25, 0.3) is 5.91 Å². The Hall–Kier alpha value is -1.91. The van der Waals surface area contributed by atoms with E-state index in [2.05, 4.69) is 10.0 Å². The molecule has 2 rings (SSSR count). The van der Waals surface area contributed by atoms with Crippen molar-refractivity contribution in [1.29, 1.82) is 0 Å².